The summed E-state index contributed by atoms with van der Waals surface area (Å²) in [6.07, 6.45) is 4.57. The number of piperidine rings is 3. The molecule has 4 aliphatic rings. The van der Waals surface area contributed by atoms with Gasteiger partial charge in [-0.15, -0.1) is 0 Å². The van der Waals surface area contributed by atoms with Crippen molar-refractivity contribution in [1.29, 1.82) is 0 Å². The Morgan fingerprint density at radius 1 is 1.05 bits per heavy atom. The Bertz CT molecular complexity index is 546. The summed E-state index contributed by atoms with van der Waals surface area (Å²) < 4.78 is 0. The van der Waals surface area contributed by atoms with Gasteiger partial charge in [-0.25, -0.2) is 0 Å². The summed E-state index contributed by atoms with van der Waals surface area (Å²) in [6, 6.07) is 9.98. The van der Waals surface area contributed by atoms with Crippen molar-refractivity contribution in [3.05, 3.63) is 29.8 Å². The normalized spacial score (nSPS) is 42.2. The monoisotopic (exact) mass is 270 g/mol. The number of aliphatic hydroxyl groups is 1. The second-order valence-electron chi connectivity index (χ2n) is 7.00. The van der Waals surface area contributed by atoms with Crippen LogP contribution in [0.2, 0.25) is 0 Å². The third kappa shape index (κ3) is 1.33. The van der Waals surface area contributed by atoms with Crippen LogP contribution in [0, 0.1) is 5.92 Å². The topological polar surface area (TPSA) is 26.7 Å². The Kier molecular flexibility index (Phi) is 2.31. The van der Waals surface area contributed by atoms with Crippen molar-refractivity contribution >= 4 is 5.69 Å². The molecule has 3 saturated heterocycles. The van der Waals surface area contributed by atoms with Gasteiger partial charge in [-0.3, -0.25) is 4.90 Å². The Morgan fingerprint density at radius 3 is 2.90 bits per heavy atom. The summed E-state index contributed by atoms with van der Waals surface area (Å²) in [5.74, 6) is 1.35. The molecule has 1 aromatic carbocycles. The summed E-state index contributed by atoms with van der Waals surface area (Å²) in [5.41, 5.74) is 2.79. The lowest BCUT2D eigenvalue weighted by molar-refractivity contribution is -0.0284. The molecule has 4 heterocycles. The average Bonchev–Trinajstić information content (AvgIpc) is 2.82. The molecule has 5 rings (SSSR count). The Labute approximate surface area is 120 Å². The van der Waals surface area contributed by atoms with Crippen molar-refractivity contribution in [2.24, 2.45) is 5.92 Å². The zero-order chi connectivity index (χ0) is 13.3. The molecule has 0 spiro atoms. The third-order valence-electron chi connectivity index (χ3n) is 6.18. The Hall–Kier alpha value is -1.06. The van der Waals surface area contributed by atoms with Crippen LogP contribution in [0.25, 0.3) is 0 Å². The van der Waals surface area contributed by atoms with Gasteiger partial charge in [0.05, 0.1) is 6.04 Å². The number of rotatable bonds is 0. The highest BCUT2D eigenvalue weighted by molar-refractivity contribution is 5.63. The predicted octanol–water partition coefficient (Wildman–Crippen LogP) is 2.17. The van der Waals surface area contributed by atoms with Gasteiger partial charge in [-0.1, -0.05) is 18.2 Å². The SMILES string of the molecule is O[C@H]1C[C@@H]2CCCN3CCC4c5ccccc5N1C4[C@@H]23. The van der Waals surface area contributed by atoms with Crippen molar-refractivity contribution in [1.82, 2.24) is 4.90 Å². The zero-order valence-electron chi connectivity index (χ0n) is 11.8. The first-order chi connectivity index (χ1) is 9.84. The molecule has 0 radical (unpaired) electrons. The van der Waals surface area contributed by atoms with E-state index in [1.54, 1.807) is 0 Å². The van der Waals surface area contributed by atoms with Gasteiger partial charge < -0.3 is 10.0 Å². The largest absolute Gasteiger partial charge is 0.374 e. The van der Waals surface area contributed by atoms with E-state index >= 15 is 0 Å². The van der Waals surface area contributed by atoms with Gasteiger partial charge in [-0.2, -0.15) is 0 Å². The lowest BCUT2D eigenvalue weighted by Gasteiger charge is -2.56. The molecule has 106 valence electrons. The van der Waals surface area contributed by atoms with Crippen LogP contribution in [0.3, 0.4) is 0 Å². The maximum absolute atomic E-state index is 10.7. The number of para-hydroxylation sites is 1. The van der Waals surface area contributed by atoms with E-state index in [4.69, 9.17) is 0 Å². The summed E-state index contributed by atoms with van der Waals surface area (Å²) in [6.45, 7) is 2.52. The van der Waals surface area contributed by atoms with E-state index in [-0.39, 0.29) is 6.23 Å². The number of fused-ring (bicyclic) bond motifs is 3. The second-order valence-corrected chi connectivity index (χ2v) is 7.00. The van der Waals surface area contributed by atoms with E-state index in [1.807, 2.05) is 0 Å². The zero-order valence-corrected chi connectivity index (χ0v) is 11.8. The van der Waals surface area contributed by atoms with E-state index in [1.165, 1.54) is 43.6 Å². The number of benzene rings is 1. The van der Waals surface area contributed by atoms with Gasteiger partial charge in [0.1, 0.15) is 6.23 Å². The highest BCUT2D eigenvalue weighted by atomic mass is 16.3. The van der Waals surface area contributed by atoms with Gasteiger partial charge in [-0.05, 0) is 56.3 Å². The fraction of sp³-hybridized carbons (Fsp3) is 0.647. The molecule has 20 heavy (non-hydrogen) atoms. The van der Waals surface area contributed by atoms with Crippen LogP contribution in [-0.4, -0.2) is 41.4 Å². The molecular formula is C17H22N2O. The molecule has 3 nitrogen and oxygen atoms in total. The fourth-order valence-electron chi connectivity index (χ4n) is 5.54. The van der Waals surface area contributed by atoms with E-state index in [0.717, 1.165) is 6.42 Å². The number of hydrogen-bond acceptors (Lipinski definition) is 3. The van der Waals surface area contributed by atoms with E-state index < -0.39 is 0 Å². The van der Waals surface area contributed by atoms with Crippen LogP contribution in [0.15, 0.2) is 24.3 Å². The Balaban J connectivity index is 1.66. The van der Waals surface area contributed by atoms with Gasteiger partial charge >= 0.3 is 0 Å². The van der Waals surface area contributed by atoms with Crippen molar-refractivity contribution < 1.29 is 5.11 Å². The first-order valence-electron chi connectivity index (χ1n) is 8.14. The minimum atomic E-state index is -0.273. The van der Waals surface area contributed by atoms with Crippen LogP contribution in [0.4, 0.5) is 5.69 Å². The first kappa shape index (κ1) is 11.6. The predicted molar refractivity (Wildman–Crippen MR) is 78.8 cm³/mol. The van der Waals surface area contributed by atoms with E-state index in [2.05, 4.69) is 34.1 Å². The number of aliphatic hydroxyl groups excluding tert-OH is 1. The van der Waals surface area contributed by atoms with Crippen LogP contribution < -0.4 is 4.90 Å². The average molecular weight is 270 g/mol. The van der Waals surface area contributed by atoms with Crippen molar-refractivity contribution in [3.63, 3.8) is 0 Å². The minimum Gasteiger partial charge on any atom is -0.374 e. The van der Waals surface area contributed by atoms with E-state index in [9.17, 15) is 5.11 Å². The maximum atomic E-state index is 10.7. The smallest absolute Gasteiger partial charge is 0.127 e. The summed E-state index contributed by atoms with van der Waals surface area (Å²) in [7, 11) is 0. The number of nitrogens with zero attached hydrogens (tertiary/aromatic N) is 2. The molecule has 3 heteroatoms. The lowest BCUT2D eigenvalue weighted by Crippen LogP contribution is -2.66. The van der Waals surface area contributed by atoms with Gasteiger partial charge in [0.15, 0.2) is 0 Å². The number of hydrogen-bond donors (Lipinski definition) is 1. The molecule has 1 aromatic rings. The van der Waals surface area contributed by atoms with Gasteiger partial charge in [0.2, 0.25) is 0 Å². The van der Waals surface area contributed by atoms with Crippen molar-refractivity contribution in [2.75, 3.05) is 18.0 Å². The summed E-state index contributed by atoms with van der Waals surface area (Å²) >= 11 is 0. The van der Waals surface area contributed by atoms with Crippen molar-refractivity contribution in [3.8, 4) is 0 Å². The molecule has 0 bridgehead atoms. The quantitative estimate of drug-likeness (QED) is 0.782. The fourth-order valence-corrected chi connectivity index (χ4v) is 5.54. The summed E-state index contributed by atoms with van der Waals surface area (Å²) in [5, 5.41) is 10.7. The molecule has 0 aliphatic carbocycles. The number of anilines is 1. The highest BCUT2D eigenvalue weighted by Gasteiger charge is 2.55. The van der Waals surface area contributed by atoms with Crippen LogP contribution in [0.5, 0.6) is 0 Å². The lowest BCUT2D eigenvalue weighted by atomic mass is 9.71. The molecule has 0 aromatic heterocycles. The molecule has 5 atom stereocenters. The molecule has 1 N–H and O–H groups in total. The molecular weight excluding hydrogens is 248 g/mol. The second kappa shape index (κ2) is 3.99. The standard InChI is InChI=1S/C17H22N2O/c20-15-10-11-4-3-8-18-9-7-13-12-5-1-2-6-14(12)19(15)17(13)16(11)18/h1-2,5-6,11,13,15-17,20H,3-4,7-10H2/t11-,13?,15-,16+,17?/m0/s1. The van der Waals surface area contributed by atoms with Gasteiger partial charge in [0, 0.05) is 17.6 Å². The van der Waals surface area contributed by atoms with Crippen LogP contribution in [-0.2, 0) is 0 Å². The van der Waals surface area contributed by atoms with Gasteiger partial charge in [0.25, 0.3) is 0 Å². The van der Waals surface area contributed by atoms with Crippen molar-refractivity contribution in [2.45, 2.75) is 49.9 Å². The summed E-state index contributed by atoms with van der Waals surface area (Å²) in [4.78, 5) is 5.08. The Morgan fingerprint density at radius 2 is 1.95 bits per heavy atom. The van der Waals surface area contributed by atoms with Crippen LogP contribution in [0.1, 0.15) is 37.2 Å². The van der Waals surface area contributed by atoms with E-state index in [0.29, 0.717) is 23.9 Å². The molecule has 0 amide bonds. The molecule has 3 fully saturated rings. The molecule has 2 unspecified atom stereocenters. The third-order valence-corrected chi connectivity index (χ3v) is 6.18. The molecule has 4 aliphatic heterocycles. The van der Waals surface area contributed by atoms with Crippen LogP contribution >= 0.6 is 0 Å². The highest BCUT2D eigenvalue weighted by Crippen LogP contribution is 2.53. The minimum absolute atomic E-state index is 0.273. The first-order valence-corrected chi connectivity index (χ1v) is 8.14. The molecule has 0 saturated carbocycles. The maximum Gasteiger partial charge on any atom is 0.127 e.